The molecule has 0 aromatic heterocycles. The molecule has 6 nitrogen and oxygen atoms in total. The van der Waals surface area contributed by atoms with Crippen LogP contribution in [-0.4, -0.2) is 42.0 Å². The first-order valence-electron chi connectivity index (χ1n) is 7.98. The van der Waals surface area contributed by atoms with E-state index < -0.39 is 23.8 Å². The van der Waals surface area contributed by atoms with Crippen molar-refractivity contribution in [2.45, 2.75) is 71.6 Å². The van der Waals surface area contributed by atoms with E-state index in [4.69, 9.17) is 4.74 Å². The zero-order chi connectivity index (χ0) is 18.0. The molecule has 0 aliphatic rings. The van der Waals surface area contributed by atoms with Crippen LogP contribution in [-0.2, 0) is 14.3 Å². The van der Waals surface area contributed by atoms with Crippen LogP contribution in [0, 0.1) is 5.92 Å². The van der Waals surface area contributed by atoms with Crippen molar-refractivity contribution in [2.24, 2.45) is 5.92 Å². The Balaban J connectivity index is 4.42. The molecule has 6 heteroatoms. The van der Waals surface area contributed by atoms with Crippen LogP contribution in [0.2, 0.25) is 0 Å². The number of methoxy groups -OCH3 is 1. The summed E-state index contributed by atoms with van der Waals surface area (Å²) in [5.41, 5.74) is -0.583. The van der Waals surface area contributed by atoms with Crippen molar-refractivity contribution in [3.63, 3.8) is 0 Å². The highest BCUT2D eigenvalue weighted by molar-refractivity contribution is 5.69. The van der Waals surface area contributed by atoms with Crippen LogP contribution in [0.5, 0.6) is 0 Å². The highest BCUT2D eigenvalue weighted by Gasteiger charge is 2.25. The molecule has 0 aliphatic heterocycles. The Morgan fingerprint density at radius 3 is 2.35 bits per heavy atom. The van der Waals surface area contributed by atoms with Crippen LogP contribution in [0.4, 0.5) is 4.79 Å². The Labute approximate surface area is 139 Å². The van der Waals surface area contributed by atoms with Crippen LogP contribution in [0.1, 0.15) is 53.9 Å². The number of carbonyl (C=O) groups is 2. The van der Waals surface area contributed by atoms with Crippen molar-refractivity contribution in [3.05, 3.63) is 12.2 Å². The smallest absolute Gasteiger partial charge is 0.407 e. The molecule has 0 saturated heterocycles. The Morgan fingerprint density at radius 1 is 1.26 bits per heavy atom. The zero-order valence-electron chi connectivity index (χ0n) is 15.1. The van der Waals surface area contributed by atoms with E-state index in [1.54, 1.807) is 32.9 Å². The Hall–Kier alpha value is -1.56. The number of amides is 1. The molecule has 0 rings (SSSR count). The van der Waals surface area contributed by atoms with Crippen molar-refractivity contribution in [2.75, 3.05) is 7.11 Å². The first kappa shape index (κ1) is 21.4. The first-order chi connectivity index (χ1) is 10.6. The fourth-order valence-electron chi connectivity index (χ4n) is 1.91. The lowest BCUT2D eigenvalue weighted by molar-refractivity contribution is -0.140. The molecule has 23 heavy (non-hydrogen) atoms. The van der Waals surface area contributed by atoms with Crippen LogP contribution < -0.4 is 5.32 Å². The highest BCUT2D eigenvalue weighted by atomic mass is 16.6. The van der Waals surface area contributed by atoms with Gasteiger partial charge < -0.3 is 19.9 Å². The monoisotopic (exact) mass is 329 g/mol. The van der Waals surface area contributed by atoms with Gasteiger partial charge in [-0.15, -0.1) is 0 Å². The van der Waals surface area contributed by atoms with Gasteiger partial charge in [-0.25, -0.2) is 4.79 Å². The molecular weight excluding hydrogens is 298 g/mol. The van der Waals surface area contributed by atoms with Gasteiger partial charge >= 0.3 is 12.1 Å². The van der Waals surface area contributed by atoms with E-state index in [0.29, 0.717) is 19.3 Å². The fraction of sp³-hybridized carbons (Fsp3) is 0.765. The molecule has 0 saturated carbocycles. The first-order valence-corrected chi connectivity index (χ1v) is 7.98. The standard InChI is InChI=1S/C17H31NO5/c1-12(2)15(18-16(21)23-17(3,4)5)13(19)10-8-7-9-11-14(20)22-6/h8,10,12-13,15,19H,7,9,11H2,1-6H3,(H,18,21)/b10-8+/t13-,15+/m1/s1. The number of rotatable bonds is 8. The van der Waals surface area contributed by atoms with Gasteiger partial charge in [0.05, 0.1) is 19.3 Å². The summed E-state index contributed by atoms with van der Waals surface area (Å²) in [6.45, 7) is 9.19. The van der Waals surface area contributed by atoms with Crippen LogP contribution >= 0.6 is 0 Å². The van der Waals surface area contributed by atoms with Gasteiger partial charge in [0.15, 0.2) is 0 Å². The molecule has 0 heterocycles. The van der Waals surface area contributed by atoms with Gasteiger partial charge in [-0.05, 0) is 39.5 Å². The number of aliphatic hydroxyl groups excluding tert-OH is 1. The summed E-state index contributed by atoms with van der Waals surface area (Å²) in [6, 6.07) is -0.443. The van der Waals surface area contributed by atoms with Gasteiger partial charge in [0, 0.05) is 6.42 Å². The maximum atomic E-state index is 11.8. The third-order valence-corrected chi connectivity index (χ3v) is 3.08. The molecule has 2 N–H and O–H groups in total. The fourth-order valence-corrected chi connectivity index (χ4v) is 1.91. The minimum atomic E-state index is -0.819. The van der Waals surface area contributed by atoms with Gasteiger partial charge in [0.1, 0.15) is 5.60 Å². The SMILES string of the molecule is COC(=O)CCC/C=C/[C@@H](O)[C@@H](NC(=O)OC(C)(C)C)C(C)C. The average molecular weight is 329 g/mol. The maximum Gasteiger partial charge on any atom is 0.407 e. The van der Waals surface area contributed by atoms with Crippen molar-refractivity contribution >= 4 is 12.1 Å². The van der Waals surface area contributed by atoms with E-state index in [1.165, 1.54) is 7.11 Å². The summed E-state index contributed by atoms with van der Waals surface area (Å²) in [7, 11) is 1.36. The van der Waals surface area contributed by atoms with Crippen LogP contribution in [0.25, 0.3) is 0 Å². The van der Waals surface area contributed by atoms with Gasteiger partial charge in [-0.2, -0.15) is 0 Å². The van der Waals surface area contributed by atoms with E-state index in [1.807, 2.05) is 13.8 Å². The molecule has 134 valence electrons. The Morgan fingerprint density at radius 2 is 1.87 bits per heavy atom. The quantitative estimate of drug-likeness (QED) is 0.406. The number of hydrogen-bond acceptors (Lipinski definition) is 5. The number of aliphatic hydroxyl groups is 1. The molecule has 0 radical (unpaired) electrons. The predicted molar refractivity (Wildman–Crippen MR) is 89.0 cm³/mol. The largest absolute Gasteiger partial charge is 0.469 e. The average Bonchev–Trinajstić information content (AvgIpc) is 2.41. The third-order valence-electron chi connectivity index (χ3n) is 3.08. The minimum Gasteiger partial charge on any atom is -0.469 e. The molecule has 0 spiro atoms. The number of alkyl carbamates (subject to hydrolysis) is 1. The van der Waals surface area contributed by atoms with Crippen molar-refractivity contribution < 1.29 is 24.2 Å². The summed E-state index contributed by atoms with van der Waals surface area (Å²) < 4.78 is 9.77. The van der Waals surface area contributed by atoms with E-state index >= 15 is 0 Å². The molecule has 0 aromatic rings. The highest BCUT2D eigenvalue weighted by Crippen LogP contribution is 2.12. The summed E-state index contributed by atoms with van der Waals surface area (Å²) in [6.07, 6.45) is 3.74. The third kappa shape index (κ3) is 10.7. The second-order valence-corrected chi connectivity index (χ2v) is 6.80. The summed E-state index contributed by atoms with van der Waals surface area (Å²) in [5, 5.41) is 12.9. The van der Waals surface area contributed by atoms with Gasteiger partial charge in [-0.1, -0.05) is 26.0 Å². The second kappa shape index (κ2) is 10.3. The Bertz CT molecular complexity index is 398. The predicted octanol–water partition coefficient (Wildman–Crippen LogP) is 2.80. The zero-order valence-corrected chi connectivity index (χ0v) is 15.1. The second-order valence-electron chi connectivity index (χ2n) is 6.80. The number of esters is 1. The molecule has 0 unspecified atom stereocenters. The molecule has 2 atom stereocenters. The Kier molecular flexibility index (Phi) is 9.56. The number of nitrogens with one attached hydrogen (secondary N) is 1. The van der Waals surface area contributed by atoms with E-state index in [9.17, 15) is 14.7 Å². The van der Waals surface area contributed by atoms with Gasteiger partial charge in [0.25, 0.3) is 0 Å². The normalized spacial score (nSPS) is 14.6. The van der Waals surface area contributed by atoms with Gasteiger partial charge in [-0.3, -0.25) is 4.79 Å². The summed E-state index contributed by atoms with van der Waals surface area (Å²) in [5.74, 6) is -0.206. The van der Waals surface area contributed by atoms with Crippen molar-refractivity contribution in [3.8, 4) is 0 Å². The van der Waals surface area contributed by atoms with Crippen molar-refractivity contribution in [1.82, 2.24) is 5.32 Å². The lowest BCUT2D eigenvalue weighted by Gasteiger charge is -2.27. The van der Waals surface area contributed by atoms with Gasteiger partial charge in [0.2, 0.25) is 0 Å². The molecular formula is C17H31NO5. The lowest BCUT2D eigenvalue weighted by atomic mass is 9.98. The molecule has 0 aromatic carbocycles. The minimum absolute atomic E-state index is 0.0391. The molecule has 0 bridgehead atoms. The number of allylic oxidation sites excluding steroid dienone is 1. The lowest BCUT2D eigenvalue weighted by Crippen LogP contribution is -2.47. The van der Waals surface area contributed by atoms with E-state index in [0.717, 1.165) is 0 Å². The van der Waals surface area contributed by atoms with Crippen molar-refractivity contribution in [1.29, 1.82) is 0 Å². The summed E-state index contributed by atoms with van der Waals surface area (Å²) in [4.78, 5) is 22.8. The number of carbonyl (C=O) groups excluding carboxylic acids is 2. The van der Waals surface area contributed by atoms with E-state index in [2.05, 4.69) is 10.1 Å². The molecule has 1 amide bonds. The van der Waals surface area contributed by atoms with Crippen LogP contribution in [0.15, 0.2) is 12.2 Å². The number of unbranched alkanes of at least 4 members (excludes halogenated alkanes) is 1. The number of ether oxygens (including phenoxy) is 2. The number of hydrogen-bond donors (Lipinski definition) is 2. The topological polar surface area (TPSA) is 84.9 Å². The van der Waals surface area contributed by atoms with Crippen LogP contribution in [0.3, 0.4) is 0 Å². The molecule has 0 fully saturated rings. The maximum absolute atomic E-state index is 11.8. The van der Waals surface area contributed by atoms with E-state index in [-0.39, 0.29) is 11.9 Å². The summed E-state index contributed by atoms with van der Waals surface area (Å²) >= 11 is 0. The molecule has 0 aliphatic carbocycles.